The maximum Gasteiger partial charge on any atom is 0.237 e. The monoisotopic (exact) mass is 300 g/mol. The summed E-state index contributed by atoms with van der Waals surface area (Å²) in [5, 5.41) is 3.74. The Morgan fingerprint density at radius 3 is 2.89 bits per heavy atom. The number of hydrogen-bond acceptors (Lipinski definition) is 6. The smallest absolute Gasteiger partial charge is 0.237 e. The molecule has 7 heteroatoms. The minimum absolute atomic E-state index is 0.238. The van der Waals surface area contributed by atoms with Crippen LogP contribution >= 0.6 is 23.3 Å². The van der Waals surface area contributed by atoms with E-state index in [9.17, 15) is 4.79 Å². The van der Waals surface area contributed by atoms with Gasteiger partial charge < -0.3 is 11.1 Å². The number of thioether (sulfide) groups is 1. The van der Waals surface area contributed by atoms with Gasteiger partial charge in [0, 0.05) is 11.3 Å². The summed E-state index contributed by atoms with van der Waals surface area (Å²) >= 11 is 3.14. The summed E-state index contributed by atoms with van der Waals surface area (Å²) in [5.74, 6) is 0.574. The van der Waals surface area contributed by atoms with Crippen LogP contribution < -0.4 is 11.1 Å². The number of amides is 1. The van der Waals surface area contributed by atoms with Crippen molar-refractivity contribution in [1.82, 2.24) is 14.7 Å². The van der Waals surface area contributed by atoms with Crippen LogP contribution in [0.4, 0.5) is 0 Å². The topological polar surface area (TPSA) is 80.9 Å². The summed E-state index contributed by atoms with van der Waals surface area (Å²) < 4.78 is 5.16. The molecule has 106 valence electrons. The minimum Gasteiger partial charge on any atom is -0.368 e. The molecule has 1 saturated carbocycles. The van der Waals surface area contributed by atoms with Gasteiger partial charge in [-0.05, 0) is 51.6 Å². The van der Waals surface area contributed by atoms with Crippen molar-refractivity contribution in [3.05, 3.63) is 5.82 Å². The van der Waals surface area contributed by atoms with Gasteiger partial charge in [-0.25, -0.2) is 4.98 Å². The number of nitrogens with zero attached hydrogens (tertiary/aromatic N) is 2. The average molecular weight is 300 g/mol. The summed E-state index contributed by atoms with van der Waals surface area (Å²) in [6.07, 6.45) is 2.55. The second kappa shape index (κ2) is 5.76. The number of carbonyl (C=O) groups excluding carboxylic acids is 1. The van der Waals surface area contributed by atoms with E-state index in [1.54, 1.807) is 11.8 Å². The lowest BCUT2D eigenvalue weighted by molar-refractivity contribution is -0.124. The Bertz CT molecular complexity index is 462. The molecule has 1 aromatic heterocycles. The summed E-state index contributed by atoms with van der Waals surface area (Å²) in [7, 11) is 0. The fourth-order valence-corrected chi connectivity index (χ4v) is 4.74. The highest BCUT2D eigenvalue weighted by Crippen LogP contribution is 2.40. The summed E-state index contributed by atoms with van der Waals surface area (Å²) in [4.78, 5) is 16.1. The third kappa shape index (κ3) is 3.46. The molecule has 0 spiro atoms. The van der Waals surface area contributed by atoms with Gasteiger partial charge in [0.15, 0.2) is 4.34 Å². The van der Waals surface area contributed by atoms with E-state index in [1.165, 1.54) is 11.5 Å². The molecule has 1 amide bonds. The van der Waals surface area contributed by atoms with Gasteiger partial charge in [-0.15, -0.1) is 0 Å². The first kappa shape index (κ1) is 14.7. The molecule has 2 rings (SSSR count). The third-order valence-electron chi connectivity index (χ3n) is 3.28. The van der Waals surface area contributed by atoms with Crippen molar-refractivity contribution in [1.29, 1.82) is 0 Å². The maximum atomic E-state index is 11.8. The lowest BCUT2D eigenvalue weighted by Gasteiger charge is -2.29. The zero-order valence-electron chi connectivity index (χ0n) is 11.5. The number of nitrogens with two attached hydrogens (primary N) is 1. The third-order valence-corrected chi connectivity index (χ3v) is 5.43. The van der Waals surface area contributed by atoms with Gasteiger partial charge in [0.2, 0.25) is 5.91 Å². The van der Waals surface area contributed by atoms with Crippen LogP contribution in [-0.4, -0.2) is 32.1 Å². The summed E-state index contributed by atoms with van der Waals surface area (Å²) in [6, 6.07) is 0.250. The van der Waals surface area contributed by atoms with Crippen molar-refractivity contribution in [2.45, 2.75) is 61.2 Å². The summed E-state index contributed by atoms with van der Waals surface area (Å²) in [6.45, 7) is 5.97. The lowest BCUT2D eigenvalue weighted by atomic mass is 9.96. The molecular formula is C12H20N4OS2. The molecule has 1 aliphatic rings. The standard InChI is InChI=1S/C12H20N4OS2/c1-7(2)15-12(10(13)17)5-4-9(6-12)18-11-14-8(3)16-19-11/h7,9,15H,4-6H2,1-3H3,(H2,13,17). The number of nitrogens with one attached hydrogen (secondary N) is 1. The largest absolute Gasteiger partial charge is 0.368 e. The van der Waals surface area contributed by atoms with Gasteiger partial charge in [0.1, 0.15) is 5.82 Å². The van der Waals surface area contributed by atoms with Gasteiger partial charge in [-0.1, -0.05) is 11.8 Å². The van der Waals surface area contributed by atoms with Crippen LogP contribution in [-0.2, 0) is 4.79 Å². The van der Waals surface area contributed by atoms with Gasteiger partial charge in [-0.3, -0.25) is 4.79 Å². The van der Waals surface area contributed by atoms with Gasteiger partial charge in [0.25, 0.3) is 0 Å². The molecule has 0 aromatic carbocycles. The van der Waals surface area contributed by atoms with E-state index in [2.05, 4.69) is 14.7 Å². The fourth-order valence-electron chi connectivity index (χ4n) is 2.55. The molecule has 19 heavy (non-hydrogen) atoms. The number of aryl methyl sites for hydroxylation is 1. The number of aromatic nitrogens is 2. The molecule has 0 radical (unpaired) electrons. The van der Waals surface area contributed by atoms with Crippen molar-refractivity contribution >= 4 is 29.2 Å². The van der Waals surface area contributed by atoms with E-state index >= 15 is 0 Å². The molecule has 0 bridgehead atoms. The first-order valence-electron chi connectivity index (χ1n) is 6.46. The fraction of sp³-hybridized carbons (Fsp3) is 0.750. The van der Waals surface area contributed by atoms with Crippen LogP contribution in [0, 0.1) is 6.92 Å². The molecular weight excluding hydrogens is 280 g/mol. The van der Waals surface area contributed by atoms with Crippen molar-refractivity contribution < 1.29 is 4.79 Å². The quantitative estimate of drug-likeness (QED) is 0.865. The normalized spacial score (nSPS) is 27.1. The van der Waals surface area contributed by atoms with E-state index in [1.807, 2.05) is 20.8 Å². The van der Waals surface area contributed by atoms with Crippen LogP contribution in [0.3, 0.4) is 0 Å². The zero-order chi connectivity index (χ0) is 14.0. The van der Waals surface area contributed by atoms with E-state index in [4.69, 9.17) is 5.73 Å². The van der Waals surface area contributed by atoms with Crippen LogP contribution in [0.15, 0.2) is 4.34 Å². The Kier molecular flexibility index (Phi) is 4.47. The van der Waals surface area contributed by atoms with E-state index < -0.39 is 5.54 Å². The minimum atomic E-state index is -0.550. The Hall–Kier alpha value is -0.660. The second-order valence-corrected chi connectivity index (χ2v) is 7.63. The first-order chi connectivity index (χ1) is 8.91. The number of primary amides is 1. The van der Waals surface area contributed by atoms with E-state index in [0.29, 0.717) is 5.25 Å². The predicted molar refractivity (Wildman–Crippen MR) is 78.3 cm³/mol. The van der Waals surface area contributed by atoms with Crippen molar-refractivity contribution in [2.24, 2.45) is 5.73 Å². The number of rotatable bonds is 5. The Morgan fingerprint density at radius 1 is 1.63 bits per heavy atom. The average Bonchev–Trinajstić information content (AvgIpc) is 2.87. The lowest BCUT2D eigenvalue weighted by Crippen LogP contribution is -2.56. The van der Waals surface area contributed by atoms with Crippen LogP contribution in [0.2, 0.25) is 0 Å². The zero-order valence-corrected chi connectivity index (χ0v) is 13.1. The molecule has 1 heterocycles. The Morgan fingerprint density at radius 2 is 2.37 bits per heavy atom. The number of carbonyl (C=O) groups is 1. The Balaban J connectivity index is 2.02. The molecule has 0 saturated heterocycles. The van der Waals surface area contributed by atoms with E-state index in [-0.39, 0.29) is 11.9 Å². The maximum absolute atomic E-state index is 11.8. The highest BCUT2D eigenvalue weighted by atomic mass is 32.2. The van der Waals surface area contributed by atoms with Crippen molar-refractivity contribution in [3.63, 3.8) is 0 Å². The van der Waals surface area contributed by atoms with Gasteiger partial charge in [-0.2, -0.15) is 4.37 Å². The molecule has 1 aromatic rings. The molecule has 1 aliphatic carbocycles. The highest BCUT2D eigenvalue weighted by molar-refractivity contribution is 8.01. The van der Waals surface area contributed by atoms with Crippen LogP contribution in [0.5, 0.6) is 0 Å². The van der Waals surface area contributed by atoms with Crippen LogP contribution in [0.25, 0.3) is 0 Å². The molecule has 0 aliphatic heterocycles. The van der Waals surface area contributed by atoms with Crippen molar-refractivity contribution in [2.75, 3.05) is 0 Å². The first-order valence-corrected chi connectivity index (χ1v) is 8.11. The Labute approximate surface area is 121 Å². The molecule has 2 atom stereocenters. The SMILES string of the molecule is Cc1nsc(SC2CCC(NC(C)C)(C(N)=O)C2)n1. The van der Waals surface area contributed by atoms with Crippen molar-refractivity contribution in [3.8, 4) is 0 Å². The second-order valence-electron chi connectivity index (χ2n) is 5.34. The highest BCUT2D eigenvalue weighted by Gasteiger charge is 2.44. The predicted octanol–water partition coefficient (Wildman–Crippen LogP) is 1.71. The number of hydrogen-bond donors (Lipinski definition) is 2. The molecule has 1 fully saturated rings. The van der Waals surface area contributed by atoms with E-state index in [0.717, 1.165) is 29.4 Å². The molecule has 2 unspecified atom stereocenters. The summed E-state index contributed by atoms with van der Waals surface area (Å²) in [5.41, 5.74) is 5.05. The molecule has 3 N–H and O–H groups in total. The van der Waals surface area contributed by atoms with Gasteiger partial charge >= 0.3 is 0 Å². The molecule has 5 nitrogen and oxygen atoms in total. The van der Waals surface area contributed by atoms with Crippen LogP contribution in [0.1, 0.15) is 38.9 Å². The van der Waals surface area contributed by atoms with Gasteiger partial charge in [0.05, 0.1) is 5.54 Å².